The zero-order valence-electron chi connectivity index (χ0n) is 20.5. The first-order chi connectivity index (χ1) is 18.3. The highest BCUT2D eigenvalue weighted by atomic mass is 14.9. The van der Waals surface area contributed by atoms with Crippen molar-refractivity contribution in [1.29, 1.82) is 0 Å². The monoisotopic (exact) mass is 473 g/mol. The van der Waals surface area contributed by atoms with E-state index in [2.05, 4.69) is 151 Å². The van der Waals surface area contributed by atoms with Gasteiger partial charge in [0.05, 0.1) is 0 Å². The zero-order valence-corrected chi connectivity index (χ0v) is 20.5. The van der Waals surface area contributed by atoms with E-state index in [4.69, 9.17) is 0 Å². The van der Waals surface area contributed by atoms with E-state index >= 15 is 0 Å². The Morgan fingerprint density at radius 2 is 0.432 bits per heavy atom. The molecule has 37 heavy (non-hydrogen) atoms. The number of anilines is 2. The summed E-state index contributed by atoms with van der Waals surface area (Å²) in [5, 5.41) is 3.51. The van der Waals surface area contributed by atoms with Gasteiger partial charge in [0.15, 0.2) is 0 Å². The Kier molecular flexibility index (Phi) is 6.34. The average molecular weight is 474 g/mol. The van der Waals surface area contributed by atoms with Crippen molar-refractivity contribution in [3.63, 3.8) is 0 Å². The second-order valence-corrected chi connectivity index (χ2v) is 9.17. The highest BCUT2D eigenvalue weighted by Crippen LogP contribution is 2.29. The summed E-state index contributed by atoms with van der Waals surface area (Å²) in [7, 11) is 0. The summed E-state index contributed by atoms with van der Waals surface area (Å²) in [5.41, 5.74) is 11.9. The Balaban J connectivity index is 1.12. The Morgan fingerprint density at radius 1 is 0.216 bits per heavy atom. The maximum atomic E-state index is 3.51. The van der Waals surface area contributed by atoms with E-state index in [1.54, 1.807) is 0 Å². The highest BCUT2D eigenvalue weighted by molar-refractivity contribution is 5.75. The maximum Gasteiger partial charge on any atom is 0.0384 e. The van der Waals surface area contributed by atoms with Crippen LogP contribution in [0.4, 0.5) is 11.4 Å². The Morgan fingerprint density at radius 3 is 0.703 bits per heavy atom. The molecule has 0 aromatic heterocycles. The third kappa shape index (κ3) is 5.22. The summed E-state index contributed by atoms with van der Waals surface area (Å²) >= 11 is 0. The summed E-state index contributed by atoms with van der Waals surface area (Å²) in [5.74, 6) is 0. The molecule has 6 aromatic carbocycles. The highest BCUT2D eigenvalue weighted by Gasteiger charge is 2.03. The van der Waals surface area contributed by atoms with Gasteiger partial charge in [-0.15, -0.1) is 0 Å². The minimum atomic E-state index is 1.08. The largest absolute Gasteiger partial charge is 0.356 e. The Labute approximate surface area is 218 Å². The number of rotatable bonds is 6. The van der Waals surface area contributed by atoms with Crippen molar-refractivity contribution in [2.75, 3.05) is 5.32 Å². The molecule has 0 aliphatic rings. The molecule has 0 saturated carbocycles. The fourth-order valence-corrected chi connectivity index (χ4v) is 4.63. The van der Waals surface area contributed by atoms with Gasteiger partial charge in [0.25, 0.3) is 0 Å². The van der Waals surface area contributed by atoms with Crippen LogP contribution in [-0.2, 0) is 0 Å². The van der Waals surface area contributed by atoms with Gasteiger partial charge in [0, 0.05) is 11.4 Å². The molecule has 0 radical (unpaired) electrons. The van der Waals surface area contributed by atoms with E-state index < -0.39 is 0 Å². The molecule has 0 atom stereocenters. The fraction of sp³-hybridized carbons (Fsp3) is 0. The van der Waals surface area contributed by atoms with Crippen molar-refractivity contribution in [1.82, 2.24) is 0 Å². The van der Waals surface area contributed by atoms with Gasteiger partial charge in [-0.3, -0.25) is 0 Å². The summed E-state index contributed by atoms with van der Waals surface area (Å²) in [6.45, 7) is 0. The van der Waals surface area contributed by atoms with Gasteiger partial charge in [-0.05, 0) is 68.8 Å². The Hall–Kier alpha value is -4.88. The van der Waals surface area contributed by atoms with Crippen molar-refractivity contribution in [3.05, 3.63) is 158 Å². The first-order valence-electron chi connectivity index (χ1n) is 12.6. The van der Waals surface area contributed by atoms with Crippen LogP contribution in [-0.4, -0.2) is 0 Å². The molecule has 6 aromatic rings. The van der Waals surface area contributed by atoms with Crippen LogP contribution < -0.4 is 5.32 Å². The molecule has 0 aliphatic heterocycles. The normalized spacial score (nSPS) is 10.7. The SMILES string of the molecule is c1ccc(-c2ccc(Nc3ccc(-c4ccc(-c5ccc(-c6ccccc6)cc5)cc4)cc3)cc2)cc1. The molecule has 0 fully saturated rings. The Bertz CT molecular complexity index is 1570. The molecule has 6 rings (SSSR count). The molecular weight excluding hydrogens is 446 g/mol. The van der Waals surface area contributed by atoms with Gasteiger partial charge in [-0.25, -0.2) is 0 Å². The second kappa shape index (κ2) is 10.4. The van der Waals surface area contributed by atoms with Gasteiger partial charge in [0.1, 0.15) is 0 Å². The molecule has 1 heteroatoms. The van der Waals surface area contributed by atoms with Crippen LogP contribution in [0.25, 0.3) is 44.5 Å². The first-order valence-corrected chi connectivity index (χ1v) is 12.6. The van der Waals surface area contributed by atoms with Crippen molar-refractivity contribution in [2.24, 2.45) is 0 Å². The van der Waals surface area contributed by atoms with Crippen LogP contribution in [0, 0.1) is 0 Å². The number of benzene rings is 6. The molecule has 0 unspecified atom stereocenters. The van der Waals surface area contributed by atoms with Crippen molar-refractivity contribution >= 4 is 11.4 Å². The molecule has 176 valence electrons. The summed E-state index contributed by atoms with van der Waals surface area (Å²) in [6.07, 6.45) is 0. The predicted molar refractivity (Wildman–Crippen MR) is 158 cm³/mol. The van der Waals surface area contributed by atoms with Crippen LogP contribution in [0.3, 0.4) is 0 Å². The molecule has 0 amide bonds. The lowest BCUT2D eigenvalue weighted by Gasteiger charge is -2.10. The maximum absolute atomic E-state index is 3.51. The van der Waals surface area contributed by atoms with Gasteiger partial charge in [-0.1, -0.05) is 133 Å². The molecule has 0 bridgehead atoms. The standard InChI is InChI=1S/C36H27N/c1-3-7-27(8-4-1)29-11-13-30(14-12-29)31-15-17-32(18-16-31)34-21-25-36(26-22-34)37-35-23-19-33(20-24-35)28-9-5-2-6-10-28/h1-26,37H. The van der Waals surface area contributed by atoms with E-state index in [-0.39, 0.29) is 0 Å². The van der Waals surface area contributed by atoms with Gasteiger partial charge >= 0.3 is 0 Å². The van der Waals surface area contributed by atoms with E-state index in [9.17, 15) is 0 Å². The number of nitrogens with one attached hydrogen (secondary N) is 1. The predicted octanol–water partition coefficient (Wildman–Crippen LogP) is 10.1. The topological polar surface area (TPSA) is 12.0 Å². The van der Waals surface area contributed by atoms with Crippen LogP contribution >= 0.6 is 0 Å². The molecule has 1 N–H and O–H groups in total. The van der Waals surface area contributed by atoms with Crippen LogP contribution in [0.1, 0.15) is 0 Å². The van der Waals surface area contributed by atoms with E-state index in [1.165, 1.54) is 44.5 Å². The lowest BCUT2D eigenvalue weighted by Crippen LogP contribution is -1.90. The molecule has 0 aliphatic carbocycles. The minimum Gasteiger partial charge on any atom is -0.356 e. The van der Waals surface area contributed by atoms with Crippen molar-refractivity contribution in [3.8, 4) is 44.5 Å². The van der Waals surface area contributed by atoms with E-state index in [1.807, 2.05) is 12.1 Å². The van der Waals surface area contributed by atoms with Crippen molar-refractivity contribution in [2.45, 2.75) is 0 Å². The zero-order chi connectivity index (χ0) is 24.9. The van der Waals surface area contributed by atoms with Crippen LogP contribution in [0.2, 0.25) is 0 Å². The fourth-order valence-electron chi connectivity index (χ4n) is 4.63. The lowest BCUT2D eigenvalue weighted by molar-refractivity contribution is 1.53. The lowest BCUT2D eigenvalue weighted by atomic mass is 9.98. The van der Waals surface area contributed by atoms with Gasteiger partial charge in [-0.2, -0.15) is 0 Å². The third-order valence-electron chi connectivity index (χ3n) is 6.71. The number of hydrogen-bond acceptors (Lipinski definition) is 1. The smallest absolute Gasteiger partial charge is 0.0384 e. The van der Waals surface area contributed by atoms with Crippen molar-refractivity contribution < 1.29 is 0 Å². The number of hydrogen-bond donors (Lipinski definition) is 1. The molecule has 0 spiro atoms. The molecule has 0 saturated heterocycles. The van der Waals surface area contributed by atoms with Crippen LogP contribution in [0.15, 0.2) is 158 Å². The summed E-state index contributed by atoms with van der Waals surface area (Å²) < 4.78 is 0. The van der Waals surface area contributed by atoms with Crippen LogP contribution in [0.5, 0.6) is 0 Å². The van der Waals surface area contributed by atoms with Gasteiger partial charge < -0.3 is 5.32 Å². The average Bonchev–Trinajstić information content (AvgIpc) is 2.99. The third-order valence-corrected chi connectivity index (χ3v) is 6.71. The quantitative estimate of drug-likeness (QED) is 0.254. The van der Waals surface area contributed by atoms with E-state index in [0.717, 1.165) is 11.4 Å². The molecular formula is C36H27N. The molecule has 1 nitrogen and oxygen atoms in total. The summed E-state index contributed by atoms with van der Waals surface area (Å²) in [6, 6.07) is 55.7. The first kappa shape index (κ1) is 22.6. The minimum absolute atomic E-state index is 1.08. The van der Waals surface area contributed by atoms with Gasteiger partial charge in [0.2, 0.25) is 0 Å². The second-order valence-electron chi connectivity index (χ2n) is 9.17. The van der Waals surface area contributed by atoms with E-state index in [0.29, 0.717) is 0 Å². The molecule has 0 heterocycles. The summed E-state index contributed by atoms with van der Waals surface area (Å²) in [4.78, 5) is 0.